The molecule has 1 fully saturated rings. The number of rotatable bonds is 5. The molecule has 0 saturated carbocycles. The Morgan fingerprint density at radius 1 is 1.00 bits per heavy atom. The van der Waals surface area contributed by atoms with Crippen molar-refractivity contribution in [2.24, 2.45) is 0 Å². The molecule has 0 spiro atoms. The molecule has 1 N–H and O–H groups in total. The summed E-state index contributed by atoms with van der Waals surface area (Å²) in [5.41, 5.74) is 5.11. The van der Waals surface area contributed by atoms with Gasteiger partial charge in [0.15, 0.2) is 5.16 Å². The lowest BCUT2D eigenvalue weighted by molar-refractivity contribution is -0.113. The number of nitrogens with zero attached hydrogens (tertiary/aromatic N) is 3. The minimum absolute atomic E-state index is 0.0398. The van der Waals surface area contributed by atoms with Crippen LogP contribution in [0.15, 0.2) is 29.4 Å². The lowest BCUT2D eigenvalue weighted by Crippen LogP contribution is -2.23. The fourth-order valence-corrected chi connectivity index (χ4v) is 3.95. The standard InChI is InChI=1S/C21H28N4OS/c1-15-16(2)22-21(23-17(15)3)27-14-20(26)24-18-8-10-19(11-9-18)25-12-6-4-5-7-13-25/h8-11H,4-7,12-14H2,1-3H3,(H,24,26). The van der Waals surface area contributed by atoms with E-state index >= 15 is 0 Å². The smallest absolute Gasteiger partial charge is 0.234 e. The van der Waals surface area contributed by atoms with Gasteiger partial charge < -0.3 is 10.2 Å². The summed E-state index contributed by atoms with van der Waals surface area (Å²) in [6.45, 7) is 8.20. The second-order valence-electron chi connectivity index (χ2n) is 7.09. The highest BCUT2D eigenvalue weighted by atomic mass is 32.2. The maximum atomic E-state index is 12.3. The molecule has 1 aromatic carbocycles. The highest BCUT2D eigenvalue weighted by molar-refractivity contribution is 7.99. The number of benzene rings is 1. The normalized spacial score (nSPS) is 14.7. The molecule has 1 amide bonds. The second kappa shape index (κ2) is 9.22. The van der Waals surface area contributed by atoms with E-state index in [0.717, 1.165) is 35.7 Å². The Labute approximate surface area is 166 Å². The Kier molecular flexibility index (Phi) is 6.72. The maximum absolute atomic E-state index is 12.3. The highest BCUT2D eigenvalue weighted by Gasteiger charge is 2.11. The molecule has 0 bridgehead atoms. The molecule has 0 aliphatic carbocycles. The minimum atomic E-state index is -0.0398. The van der Waals surface area contributed by atoms with E-state index in [2.05, 4.69) is 32.3 Å². The second-order valence-corrected chi connectivity index (χ2v) is 8.03. The van der Waals surface area contributed by atoms with Crippen LogP contribution >= 0.6 is 11.8 Å². The van der Waals surface area contributed by atoms with Gasteiger partial charge in [0, 0.05) is 35.9 Å². The van der Waals surface area contributed by atoms with Gasteiger partial charge in [-0.15, -0.1) is 0 Å². The van der Waals surface area contributed by atoms with Crippen molar-refractivity contribution in [2.75, 3.05) is 29.1 Å². The molecule has 2 heterocycles. The first-order chi connectivity index (χ1) is 13.0. The van der Waals surface area contributed by atoms with Gasteiger partial charge in [-0.2, -0.15) is 0 Å². The number of thioether (sulfide) groups is 1. The molecule has 2 aromatic rings. The van der Waals surface area contributed by atoms with Gasteiger partial charge in [-0.25, -0.2) is 9.97 Å². The highest BCUT2D eigenvalue weighted by Crippen LogP contribution is 2.22. The zero-order chi connectivity index (χ0) is 19.2. The number of carbonyl (C=O) groups excluding carboxylic acids is 1. The molecule has 3 rings (SSSR count). The van der Waals surface area contributed by atoms with Crippen molar-refractivity contribution in [3.05, 3.63) is 41.2 Å². The number of anilines is 2. The van der Waals surface area contributed by atoms with E-state index in [4.69, 9.17) is 0 Å². The van der Waals surface area contributed by atoms with Crippen LogP contribution in [0, 0.1) is 20.8 Å². The predicted molar refractivity (Wildman–Crippen MR) is 113 cm³/mol. The summed E-state index contributed by atoms with van der Waals surface area (Å²) in [5.74, 6) is 0.262. The van der Waals surface area contributed by atoms with Crippen LogP contribution in [0.25, 0.3) is 0 Å². The third-order valence-electron chi connectivity index (χ3n) is 5.07. The van der Waals surface area contributed by atoms with Crippen LogP contribution < -0.4 is 10.2 Å². The van der Waals surface area contributed by atoms with Gasteiger partial charge in [-0.3, -0.25) is 4.79 Å². The zero-order valence-corrected chi connectivity index (χ0v) is 17.2. The van der Waals surface area contributed by atoms with Gasteiger partial charge in [0.05, 0.1) is 5.75 Å². The van der Waals surface area contributed by atoms with Crippen molar-refractivity contribution in [2.45, 2.75) is 51.6 Å². The summed E-state index contributed by atoms with van der Waals surface area (Å²) < 4.78 is 0. The number of aromatic nitrogens is 2. The van der Waals surface area contributed by atoms with Crippen LogP contribution in [-0.4, -0.2) is 34.7 Å². The molecule has 0 radical (unpaired) electrons. The first kappa shape index (κ1) is 19.7. The third kappa shape index (κ3) is 5.45. The Hall–Kier alpha value is -2.08. The number of carbonyl (C=O) groups is 1. The molecule has 144 valence electrons. The Morgan fingerprint density at radius 2 is 1.59 bits per heavy atom. The Morgan fingerprint density at radius 3 is 2.19 bits per heavy atom. The van der Waals surface area contributed by atoms with Gasteiger partial charge in [0.1, 0.15) is 0 Å². The fraction of sp³-hybridized carbons (Fsp3) is 0.476. The number of nitrogens with one attached hydrogen (secondary N) is 1. The first-order valence-electron chi connectivity index (χ1n) is 9.62. The van der Waals surface area contributed by atoms with Crippen molar-refractivity contribution >= 4 is 29.0 Å². The van der Waals surface area contributed by atoms with E-state index in [0.29, 0.717) is 10.9 Å². The Balaban J connectivity index is 1.53. The quantitative estimate of drug-likeness (QED) is 0.607. The summed E-state index contributed by atoms with van der Waals surface area (Å²) in [7, 11) is 0. The molecule has 0 unspecified atom stereocenters. The molecule has 27 heavy (non-hydrogen) atoms. The molecule has 0 atom stereocenters. The summed E-state index contributed by atoms with van der Waals surface area (Å²) in [6.07, 6.45) is 5.17. The number of hydrogen-bond acceptors (Lipinski definition) is 5. The fourth-order valence-electron chi connectivity index (χ4n) is 3.22. The van der Waals surface area contributed by atoms with E-state index in [1.165, 1.54) is 43.1 Å². The summed E-state index contributed by atoms with van der Waals surface area (Å²) in [5, 5.41) is 3.62. The van der Waals surface area contributed by atoms with E-state index < -0.39 is 0 Å². The van der Waals surface area contributed by atoms with E-state index in [1.807, 2.05) is 32.9 Å². The monoisotopic (exact) mass is 384 g/mol. The molecular formula is C21H28N4OS. The van der Waals surface area contributed by atoms with Gasteiger partial charge in [0.2, 0.25) is 5.91 Å². The van der Waals surface area contributed by atoms with Gasteiger partial charge >= 0.3 is 0 Å². The van der Waals surface area contributed by atoms with Crippen LogP contribution in [-0.2, 0) is 4.79 Å². The van der Waals surface area contributed by atoms with Crippen LogP contribution in [0.2, 0.25) is 0 Å². The van der Waals surface area contributed by atoms with Crippen LogP contribution in [0.3, 0.4) is 0 Å². The molecule has 5 nitrogen and oxygen atoms in total. The zero-order valence-electron chi connectivity index (χ0n) is 16.4. The largest absolute Gasteiger partial charge is 0.372 e. The van der Waals surface area contributed by atoms with E-state index in [-0.39, 0.29) is 5.91 Å². The van der Waals surface area contributed by atoms with Crippen LogP contribution in [0.5, 0.6) is 0 Å². The SMILES string of the molecule is Cc1nc(SCC(=O)Nc2ccc(N3CCCCCC3)cc2)nc(C)c1C. The summed E-state index contributed by atoms with van der Waals surface area (Å²) >= 11 is 1.37. The average Bonchev–Trinajstić information content (AvgIpc) is 2.94. The number of amides is 1. The van der Waals surface area contributed by atoms with E-state index in [9.17, 15) is 4.79 Å². The number of aryl methyl sites for hydroxylation is 2. The van der Waals surface area contributed by atoms with Crippen molar-refractivity contribution in [1.82, 2.24) is 9.97 Å². The topological polar surface area (TPSA) is 58.1 Å². The van der Waals surface area contributed by atoms with E-state index in [1.54, 1.807) is 0 Å². The van der Waals surface area contributed by atoms with Crippen LogP contribution in [0.1, 0.15) is 42.6 Å². The molecular weight excluding hydrogens is 356 g/mol. The van der Waals surface area contributed by atoms with Crippen molar-refractivity contribution in [1.29, 1.82) is 0 Å². The van der Waals surface area contributed by atoms with Crippen molar-refractivity contribution < 1.29 is 4.79 Å². The summed E-state index contributed by atoms with van der Waals surface area (Å²) in [6, 6.07) is 8.17. The van der Waals surface area contributed by atoms with Crippen LogP contribution in [0.4, 0.5) is 11.4 Å². The first-order valence-corrected chi connectivity index (χ1v) is 10.6. The molecule has 1 saturated heterocycles. The van der Waals surface area contributed by atoms with Gasteiger partial charge in [0.25, 0.3) is 0 Å². The molecule has 1 aliphatic rings. The molecule has 1 aromatic heterocycles. The average molecular weight is 385 g/mol. The molecule has 6 heteroatoms. The van der Waals surface area contributed by atoms with Gasteiger partial charge in [-0.05, 0) is 63.4 Å². The number of hydrogen-bond donors (Lipinski definition) is 1. The minimum Gasteiger partial charge on any atom is -0.372 e. The lowest BCUT2D eigenvalue weighted by Gasteiger charge is -2.22. The Bertz CT molecular complexity index is 760. The van der Waals surface area contributed by atoms with Gasteiger partial charge in [-0.1, -0.05) is 24.6 Å². The predicted octanol–water partition coefficient (Wildman–Crippen LogP) is 4.51. The lowest BCUT2D eigenvalue weighted by atomic mass is 10.2. The third-order valence-corrected chi connectivity index (χ3v) is 5.91. The molecule has 1 aliphatic heterocycles. The van der Waals surface area contributed by atoms with Crippen molar-refractivity contribution in [3.63, 3.8) is 0 Å². The summed E-state index contributed by atoms with van der Waals surface area (Å²) in [4.78, 5) is 23.6. The maximum Gasteiger partial charge on any atom is 0.234 e. The van der Waals surface area contributed by atoms with Crippen molar-refractivity contribution in [3.8, 4) is 0 Å².